The van der Waals surface area contributed by atoms with Crippen molar-refractivity contribution in [2.45, 2.75) is 38.6 Å². The van der Waals surface area contributed by atoms with Crippen LogP contribution in [0.4, 0.5) is 0 Å². The molecule has 1 aliphatic heterocycles. The summed E-state index contributed by atoms with van der Waals surface area (Å²) in [6, 6.07) is 0.425. The standard InChI is InChI=1S/C10H17NO/c1-3-6-10-7-4-5-8-11(10)9(2)12/h3,10H,1,4-8H2,2H3/t10-/m1/s1. The smallest absolute Gasteiger partial charge is 0.219 e. The van der Waals surface area contributed by atoms with Crippen LogP contribution in [0.1, 0.15) is 32.6 Å². The number of hydrogen-bond donors (Lipinski definition) is 0. The Labute approximate surface area is 74.2 Å². The van der Waals surface area contributed by atoms with E-state index >= 15 is 0 Å². The molecule has 0 radical (unpaired) electrons. The second-order valence-electron chi connectivity index (χ2n) is 3.39. The van der Waals surface area contributed by atoms with Gasteiger partial charge in [0.15, 0.2) is 0 Å². The minimum atomic E-state index is 0.210. The number of likely N-dealkylation sites (tertiary alicyclic amines) is 1. The highest BCUT2D eigenvalue weighted by Crippen LogP contribution is 2.19. The Morgan fingerprint density at radius 1 is 1.67 bits per heavy atom. The van der Waals surface area contributed by atoms with Gasteiger partial charge in [-0.3, -0.25) is 4.79 Å². The minimum absolute atomic E-state index is 0.210. The summed E-state index contributed by atoms with van der Waals surface area (Å²) < 4.78 is 0. The van der Waals surface area contributed by atoms with Crippen molar-refractivity contribution in [3.63, 3.8) is 0 Å². The highest BCUT2D eigenvalue weighted by Gasteiger charge is 2.22. The van der Waals surface area contributed by atoms with Crippen LogP contribution < -0.4 is 0 Å². The molecule has 0 N–H and O–H groups in total. The van der Waals surface area contributed by atoms with Crippen LogP contribution in [0.2, 0.25) is 0 Å². The number of carbonyl (C=O) groups is 1. The molecule has 0 aromatic rings. The van der Waals surface area contributed by atoms with Gasteiger partial charge < -0.3 is 4.90 Å². The van der Waals surface area contributed by atoms with E-state index in [1.54, 1.807) is 6.92 Å². The van der Waals surface area contributed by atoms with Gasteiger partial charge in [0.2, 0.25) is 5.91 Å². The van der Waals surface area contributed by atoms with E-state index in [-0.39, 0.29) is 5.91 Å². The Balaban J connectivity index is 2.53. The molecule has 0 unspecified atom stereocenters. The van der Waals surface area contributed by atoms with Crippen molar-refractivity contribution in [3.05, 3.63) is 12.7 Å². The molecule has 1 aliphatic rings. The Morgan fingerprint density at radius 2 is 2.42 bits per heavy atom. The number of nitrogens with zero attached hydrogens (tertiary/aromatic N) is 1. The van der Waals surface area contributed by atoms with E-state index in [1.807, 2.05) is 11.0 Å². The molecular weight excluding hydrogens is 150 g/mol. The van der Waals surface area contributed by atoms with Crippen molar-refractivity contribution < 1.29 is 4.79 Å². The lowest BCUT2D eigenvalue weighted by Gasteiger charge is -2.34. The topological polar surface area (TPSA) is 20.3 Å². The molecule has 0 saturated carbocycles. The van der Waals surface area contributed by atoms with Gasteiger partial charge in [0.25, 0.3) is 0 Å². The first kappa shape index (κ1) is 9.30. The fourth-order valence-electron chi connectivity index (χ4n) is 1.85. The van der Waals surface area contributed by atoms with E-state index in [0.29, 0.717) is 6.04 Å². The summed E-state index contributed by atoms with van der Waals surface area (Å²) in [5, 5.41) is 0. The lowest BCUT2D eigenvalue weighted by atomic mass is 9.99. The maximum absolute atomic E-state index is 11.2. The molecule has 0 aromatic heterocycles. The van der Waals surface area contributed by atoms with Crippen LogP contribution in [-0.2, 0) is 4.79 Å². The van der Waals surface area contributed by atoms with E-state index in [2.05, 4.69) is 6.58 Å². The summed E-state index contributed by atoms with van der Waals surface area (Å²) in [5.74, 6) is 0.210. The number of carbonyl (C=O) groups excluding carboxylic acids is 1. The summed E-state index contributed by atoms with van der Waals surface area (Å²) >= 11 is 0. The Morgan fingerprint density at radius 3 is 3.00 bits per heavy atom. The fraction of sp³-hybridized carbons (Fsp3) is 0.700. The predicted molar refractivity (Wildman–Crippen MR) is 49.8 cm³/mol. The molecule has 0 bridgehead atoms. The van der Waals surface area contributed by atoms with Crippen LogP contribution in [0.25, 0.3) is 0 Å². The maximum atomic E-state index is 11.2. The first-order valence-electron chi connectivity index (χ1n) is 4.64. The molecule has 1 fully saturated rings. The molecule has 68 valence electrons. The molecule has 1 atom stereocenters. The van der Waals surface area contributed by atoms with Gasteiger partial charge in [0.1, 0.15) is 0 Å². The number of hydrogen-bond acceptors (Lipinski definition) is 1. The van der Waals surface area contributed by atoms with Gasteiger partial charge in [-0.05, 0) is 25.7 Å². The zero-order valence-corrected chi connectivity index (χ0v) is 7.75. The molecule has 0 aromatic carbocycles. The summed E-state index contributed by atoms with van der Waals surface area (Å²) in [4.78, 5) is 13.2. The fourth-order valence-corrected chi connectivity index (χ4v) is 1.85. The van der Waals surface area contributed by atoms with Crippen LogP contribution >= 0.6 is 0 Å². The van der Waals surface area contributed by atoms with Crippen molar-refractivity contribution in [1.82, 2.24) is 4.90 Å². The molecule has 0 spiro atoms. The molecule has 0 aliphatic carbocycles. The molecule has 2 nitrogen and oxygen atoms in total. The summed E-state index contributed by atoms with van der Waals surface area (Å²) in [7, 11) is 0. The lowest BCUT2D eigenvalue weighted by Crippen LogP contribution is -2.42. The second-order valence-corrected chi connectivity index (χ2v) is 3.39. The number of rotatable bonds is 2. The van der Waals surface area contributed by atoms with E-state index in [1.165, 1.54) is 6.42 Å². The zero-order valence-electron chi connectivity index (χ0n) is 7.75. The quantitative estimate of drug-likeness (QED) is 0.576. The summed E-state index contributed by atoms with van der Waals surface area (Å²) in [6.07, 6.45) is 6.41. The number of amides is 1. The normalized spacial score (nSPS) is 23.8. The van der Waals surface area contributed by atoms with Gasteiger partial charge in [0.05, 0.1) is 0 Å². The van der Waals surface area contributed by atoms with E-state index in [4.69, 9.17) is 0 Å². The van der Waals surface area contributed by atoms with Crippen LogP contribution in [-0.4, -0.2) is 23.4 Å². The van der Waals surface area contributed by atoms with Crippen molar-refractivity contribution in [2.75, 3.05) is 6.54 Å². The molecule has 12 heavy (non-hydrogen) atoms. The average Bonchev–Trinajstić information content (AvgIpc) is 2.05. The largest absolute Gasteiger partial charge is 0.340 e. The van der Waals surface area contributed by atoms with E-state index in [0.717, 1.165) is 25.8 Å². The van der Waals surface area contributed by atoms with E-state index in [9.17, 15) is 4.79 Å². The summed E-state index contributed by atoms with van der Waals surface area (Å²) in [5.41, 5.74) is 0. The van der Waals surface area contributed by atoms with Gasteiger partial charge in [-0.15, -0.1) is 6.58 Å². The highest BCUT2D eigenvalue weighted by atomic mass is 16.2. The minimum Gasteiger partial charge on any atom is -0.340 e. The maximum Gasteiger partial charge on any atom is 0.219 e. The Kier molecular flexibility index (Phi) is 3.32. The monoisotopic (exact) mass is 167 g/mol. The first-order valence-corrected chi connectivity index (χ1v) is 4.64. The van der Waals surface area contributed by atoms with Gasteiger partial charge in [0, 0.05) is 19.5 Å². The number of piperidine rings is 1. The van der Waals surface area contributed by atoms with Crippen LogP contribution in [0.15, 0.2) is 12.7 Å². The first-order chi connectivity index (χ1) is 5.75. The molecule has 2 heteroatoms. The Bertz CT molecular complexity index is 177. The van der Waals surface area contributed by atoms with Crippen molar-refractivity contribution in [2.24, 2.45) is 0 Å². The van der Waals surface area contributed by atoms with Gasteiger partial charge in [-0.1, -0.05) is 6.08 Å². The molecule has 1 heterocycles. The molecule has 1 amide bonds. The van der Waals surface area contributed by atoms with Gasteiger partial charge in [-0.2, -0.15) is 0 Å². The van der Waals surface area contributed by atoms with E-state index < -0.39 is 0 Å². The molecule has 1 rings (SSSR count). The third-order valence-electron chi connectivity index (χ3n) is 2.47. The predicted octanol–water partition coefficient (Wildman–Crippen LogP) is 1.96. The average molecular weight is 167 g/mol. The van der Waals surface area contributed by atoms with Crippen molar-refractivity contribution in [3.8, 4) is 0 Å². The van der Waals surface area contributed by atoms with Gasteiger partial charge in [-0.25, -0.2) is 0 Å². The van der Waals surface area contributed by atoms with Crippen molar-refractivity contribution >= 4 is 5.91 Å². The third-order valence-corrected chi connectivity index (χ3v) is 2.47. The molecular formula is C10H17NO. The SMILES string of the molecule is C=CC[C@@H]1CCCCN1C(C)=O. The lowest BCUT2D eigenvalue weighted by molar-refractivity contribution is -0.132. The van der Waals surface area contributed by atoms with Gasteiger partial charge >= 0.3 is 0 Å². The van der Waals surface area contributed by atoms with Crippen LogP contribution in [0, 0.1) is 0 Å². The zero-order chi connectivity index (χ0) is 8.97. The summed E-state index contributed by atoms with van der Waals surface area (Å²) in [6.45, 7) is 6.30. The second kappa shape index (κ2) is 4.29. The van der Waals surface area contributed by atoms with Crippen LogP contribution in [0.3, 0.4) is 0 Å². The Hall–Kier alpha value is -0.790. The van der Waals surface area contributed by atoms with Crippen LogP contribution in [0.5, 0.6) is 0 Å². The highest BCUT2D eigenvalue weighted by molar-refractivity contribution is 5.73. The van der Waals surface area contributed by atoms with Crippen molar-refractivity contribution in [1.29, 1.82) is 0 Å². The third kappa shape index (κ3) is 2.10. The molecule has 1 saturated heterocycles.